The topological polar surface area (TPSA) is 62.3 Å². The largest absolute Gasteiger partial charge is 0.352 e. The summed E-state index contributed by atoms with van der Waals surface area (Å²) in [6, 6.07) is 3.74. The van der Waals surface area contributed by atoms with Crippen LogP contribution in [-0.2, 0) is 16.1 Å². The van der Waals surface area contributed by atoms with Gasteiger partial charge in [0.2, 0.25) is 11.8 Å². The van der Waals surface area contributed by atoms with Crippen molar-refractivity contribution in [1.29, 1.82) is 0 Å². The second-order valence-corrected chi connectivity index (χ2v) is 5.10. The highest BCUT2D eigenvalue weighted by Crippen LogP contribution is 2.01. The predicted molar refractivity (Wildman–Crippen MR) is 82.5 cm³/mol. The van der Waals surface area contributed by atoms with Crippen LogP contribution in [0.1, 0.15) is 45.1 Å². The maximum atomic E-state index is 11.8. The molecule has 0 aliphatic carbocycles. The first-order valence-electron chi connectivity index (χ1n) is 7.54. The third kappa shape index (κ3) is 7.44. The van der Waals surface area contributed by atoms with E-state index in [9.17, 15) is 9.59 Å². The van der Waals surface area contributed by atoms with Crippen molar-refractivity contribution in [3.8, 4) is 0 Å². The summed E-state index contributed by atoms with van der Waals surface area (Å²) in [4.78, 5) is 29.0. The maximum absolute atomic E-state index is 11.8. The summed E-state index contributed by atoms with van der Waals surface area (Å²) in [5, 5.41) is 2.86. The Hall–Kier alpha value is -1.91. The number of pyridine rings is 1. The number of nitrogens with one attached hydrogen (secondary N) is 1. The third-order valence-corrected chi connectivity index (χ3v) is 3.32. The van der Waals surface area contributed by atoms with Crippen LogP contribution in [-0.4, -0.2) is 34.8 Å². The van der Waals surface area contributed by atoms with Crippen LogP contribution in [0.2, 0.25) is 0 Å². The molecule has 0 fully saturated rings. The highest BCUT2D eigenvalue weighted by molar-refractivity contribution is 5.78. The van der Waals surface area contributed by atoms with Gasteiger partial charge in [-0.25, -0.2) is 0 Å². The molecule has 0 aliphatic rings. The van der Waals surface area contributed by atoms with Crippen LogP contribution in [0, 0.1) is 0 Å². The van der Waals surface area contributed by atoms with Gasteiger partial charge in [-0.05, 0) is 24.1 Å². The number of unbranched alkanes of at least 4 members (excludes halogenated alkanes) is 2. The Labute approximate surface area is 126 Å². The lowest BCUT2D eigenvalue weighted by molar-refractivity contribution is -0.129. The number of hydrogen-bond donors (Lipinski definition) is 1. The fourth-order valence-corrected chi connectivity index (χ4v) is 2.01. The molecule has 1 aromatic rings. The number of nitrogens with zero attached hydrogens (tertiary/aromatic N) is 2. The minimum Gasteiger partial charge on any atom is -0.352 e. The Morgan fingerprint density at radius 2 is 1.90 bits per heavy atom. The summed E-state index contributed by atoms with van der Waals surface area (Å²) < 4.78 is 0. The van der Waals surface area contributed by atoms with Crippen molar-refractivity contribution in [3.05, 3.63) is 30.1 Å². The summed E-state index contributed by atoms with van der Waals surface area (Å²) in [5.74, 6) is 0.00147. The molecule has 5 nitrogen and oxygen atoms in total. The van der Waals surface area contributed by atoms with Crippen LogP contribution in [0.25, 0.3) is 0 Å². The number of aromatic nitrogens is 1. The molecular weight excluding hydrogens is 266 g/mol. The predicted octanol–water partition coefficient (Wildman–Crippen LogP) is 2.13. The quantitative estimate of drug-likeness (QED) is 0.709. The van der Waals surface area contributed by atoms with Crippen molar-refractivity contribution in [2.24, 2.45) is 0 Å². The van der Waals surface area contributed by atoms with E-state index in [-0.39, 0.29) is 11.8 Å². The Kier molecular flexibility index (Phi) is 8.09. The molecule has 1 N–H and O–H groups in total. The van der Waals surface area contributed by atoms with Crippen LogP contribution in [0.5, 0.6) is 0 Å². The van der Waals surface area contributed by atoms with E-state index in [0.29, 0.717) is 19.5 Å². The normalized spacial score (nSPS) is 10.2. The minimum atomic E-state index is -0.0337. The molecular formula is C16H25N3O2. The summed E-state index contributed by atoms with van der Waals surface area (Å²) in [7, 11) is 0. The third-order valence-electron chi connectivity index (χ3n) is 3.32. The number of amides is 2. The lowest BCUT2D eigenvalue weighted by Crippen LogP contribution is -2.34. The van der Waals surface area contributed by atoms with Gasteiger partial charge in [0.15, 0.2) is 0 Å². The van der Waals surface area contributed by atoms with Crippen LogP contribution < -0.4 is 5.32 Å². The summed E-state index contributed by atoms with van der Waals surface area (Å²) in [6.07, 6.45) is 6.97. The van der Waals surface area contributed by atoms with E-state index < -0.39 is 0 Å². The second kappa shape index (κ2) is 9.91. The van der Waals surface area contributed by atoms with E-state index >= 15 is 0 Å². The fourth-order valence-electron chi connectivity index (χ4n) is 2.01. The van der Waals surface area contributed by atoms with Gasteiger partial charge in [0.1, 0.15) is 0 Å². The van der Waals surface area contributed by atoms with E-state index in [0.717, 1.165) is 31.4 Å². The van der Waals surface area contributed by atoms with Crippen molar-refractivity contribution < 1.29 is 9.59 Å². The molecule has 0 saturated carbocycles. The Balaban J connectivity index is 2.27. The monoisotopic (exact) mass is 291 g/mol. The fraction of sp³-hybridized carbons (Fsp3) is 0.562. The van der Waals surface area contributed by atoms with Crippen LogP contribution in [0.4, 0.5) is 0 Å². The standard InChI is InChI=1S/C16H25N3O2/c1-3-4-5-11-19(14(2)20)12-8-16(21)18-13-15-6-9-17-10-7-15/h6-7,9-10H,3-5,8,11-13H2,1-2H3,(H,18,21). The molecule has 5 heteroatoms. The zero-order valence-corrected chi connectivity index (χ0v) is 13.0. The zero-order valence-electron chi connectivity index (χ0n) is 13.0. The van der Waals surface area contributed by atoms with Crippen molar-refractivity contribution in [2.45, 2.75) is 46.1 Å². The van der Waals surface area contributed by atoms with Crippen molar-refractivity contribution in [3.63, 3.8) is 0 Å². The zero-order chi connectivity index (χ0) is 15.5. The van der Waals surface area contributed by atoms with Gasteiger partial charge in [0, 0.05) is 45.4 Å². The number of rotatable bonds is 9. The van der Waals surface area contributed by atoms with Crippen LogP contribution >= 0.6 is 0 Å². The summed E-state index contributed by atoms with van der Waals surface area (Å²) in [5.41, 5.74) is 1.02. The Bertz CT molecular complexity index is 434. The van der Waals surface area contributed by atoms with Gasteiger partial charge in [-0.2, -0.15) is 0 Å². The lowest BCUT2D eigenvalue weighted by Gasteiger charge is -2.20. The van der Waals surface area contributed by atoms with Crippen molar-refractivity contribution in [2.75, 3.05) is 13.1 Å². The summed E-state index contributed by atoms with van der Waals surface area (Å²) in [6.45, 7) is 5.41. The molecule has 0 atom stereocenters. The van der Waals surface area contributed by atoms with Crippen LogP contribution in [0.15, 0.2) is 24.5 Å². The average molecular weight is 291 g/mol. The molecule has 0 spiro atoms. The van der Waals surface area contributed by atoms with Crippen LogP contribution in [0.3, 0.4) is 0 Å². The molecule has 116 valence electrons. The molecule has 0 aliphatic heterocycles. The van der Waals surface area contributed by atoms with E-state index in [4.69, 9.17) is 0 Å². The molecule has 0 saturated heterocycles. The number of carbonyl (C=O) groups excluding carboxylic acids is 2. The molecule has 1 rings (SSSR count). The lowest BCUT2D eigenvalue weighted by atomic mass is 10.2. The Morgan fingerprint density at radius 3 is 2.52 bits per heavy atom. The van der Waals surface area contributed by atoms with Gasteiger partial charge < -0.3 is 10.2 Å². The van der Waals surface area contributed by atoms with Gasteiger partial charge in [-0.1, -0.05) is 19.8 Å². The van der Waals surface area contributed by atoms with Crippen molar-refractivity contribution in [1.82, 2.24) is 15.2 Å². The van der Waals surface area contributed by atoms with Gasteiger partial charge in [0.05, 0.1) is 0 Å². The first-order chi connectivity index (χ1) is 10.1. The molecule has 0 aromatic carbocycles. The maximum Gasteiger partial charge on any atom is 0.222 e. The second-order valence-electron chi connectivity index (χ2n) is 5.10. The first kappa shape index (κ1) is 17.1. The smallest absolute Gasteiger partial charge is 0.222 e. The molecule has 1 aromatic heterocycles. The molecule has 0 bridgehead atoms. The molecule has 2 amide bonds. The van der Waals surface area contributed by atoms with Gasteiger partial charge in [-0.15, -0.1) is 0 Å². The van der Waals surface area contributed by atoms with Gasteiger partial charge >= 0.3 is 0 Å². The molecule has 21 heavy (non-hydrogen) atoms. The van der Waals surface area contributed by atoms with Gasteiger partial charge in [-0.3, -0.25) is 14.6 Å². The van der Waals surface area contributed by atoms with E-state index in [1.54, 1.807) is 24.2 Å². The van der Waals surface area contributed by atoms with E-state index in [1.807, 2.05) is 12.1 Å². The van der Waals surface area contributed by atoms with Crippen molar-refractivity contribution >= 4 is 11.8 Å². The van der Waals surface area contributed by atoms with E-state index in [2.05, 4.69) is 17.2 Å². The molecule has 1 heterocycles. The van der Waals surface area contributed by atoms with E-state index in [1.165, 1.54) is 0 Å². The number of hydrogen-bond acceptors (Lipinski definition) is 3. The SMILES string of the molecule is CCCCCN(CCC(=O)NCc1ccncc1)C(C)=O. The summed E-state index contributed by atoms with van der Waals surface area (Å²) >= 11 is 0. The molecule has 0 unspecified atom stereocenters. The highest BCUT2D eigenvalue weighted by Gasteiger charge is 2.10. The average Bonchev–Trinajstić information content (AvgIpc) is 2.49. The number of carbonyl (C=O) groups is 2. The Morgan fingerprint density at radius 1 is 1.19 bits per heavy atom. The molecule has 0 radical (unpaired) electrons. The highest BCUT2D eigenvalue weighted by atomic mass is 16.2. The van der Waals surface area contributed by atoms with Gasteiger partial charge in [0.25, 0.3) is 0 Å². The minimum absolute atomic E-state index is 0.0337. The first-order valence-corrected chi connectivity index (χ1v) is 7.54.